The van der Waals surface area contributed by atoms with E-state index in [1.165, 1.54) is 0 Å². The number of carbonyl (C=O) groups is 2. The lowest BCUT2D eigenvalue weighted by atomic mass is 10.0. The van der Waals surface area contributed by atoms with Crippen LogP contribution in [0.2, 0.25) is 0 Å². The lowest BCUT2D eigenvalue weighted by Crippen LogP contribution is -2.33. The van der Waals surface area contributed by atoms with Crippen molar-refractivity contribution in [3.05, 3.63) is 30.3 Å². The van der Waals surface area contributed by atoms with Gasteiger partial charge in [-0.1, -0.05) is 31.5 Å². The van der Waals surface area contributed by atoms with E-state index in [0.29, 0.717) is 6.42 Å². The number of carboxylic acid groups (broad SMARTS) is 1. The number of ether oxygens (including phenoxy) is 1. The summed E-state index contributed by atoms with van der Waals surface area (Å²) >= 11 is 0. The molecule has 0 radical (unpaired) electrons. The quantitative estimate of drug-likeness (QED) is 0.725. The van der Waals surface area contributed by atoms with Crippen LogP contribution < -0.4 is 10.1 Å². The van der Waals surface area contributed by atoms with Crippen molar-refractivity contribution in [2.75, 3.05) is 13.2 Å². The summed E-state index contributed by atoms with van der Waals surface area (Å²) in [4.78, 5) is 22.5. The van der Waals surface area contributed by atoms with Gasteiger partial charge in [0.05, 0.1) is 18.9 Å². The standard InChI is InChI=1S/C15H21NO4/c1-2-6-12(15(18)19)11-16-14(17)9-10-20-13-7-4-3-5-8-13/h3-5,7-8,12H,2,6,9-11H2,1H3,(H,16,17)(H,18,19). The molecule has 110 valence electrons. The molecule has 0 bridgehead atoms. The molecule has 0 saturated heterocycles. The number of hydrogen-bond donors (Lipinski definition) is 2. The Morgan fingerprint density at radius 2 is 2.00 bits per heavy atom. The van der Waals surface area contributed by atoms with Crippen LogP contribution in [-0.4, -0.2) is 30.1 Å². The van der Waals surface area contributed by atoms with Crippen molar-refractivity contribution >= 4 is 11.9 Å². The van der Waals surface area contributed by atoms with Crippen LogP contribution in [0.1, 0.15) is 26.2 Å². The summed E-state index contributed by atoms with van der Waals surface area (Å²) in [7, 11) is 0. The van der Waals surface area contributed by atoms with Gasteiger partial charge in [-0.2, -0.15) is 0 Å². The first-order chi connectivity index (χ1) is 9.63. The summed E-state index contributed by atoms with van der Waals surface area (Å²) < 4.78 is 5.40. The number of benzene rings is 1. The Balaban J connectivity index is 2.21. The van der Waals surface area contributed by atoms with Crippen molar-refractivity contribution in [2.45, 2.75) is 26.2 Å². The predicted molar refractivity (Wildman–Crippen MR) is 75.6 cm³/mol. The van der Waals surface area contributed by atoms with E-state index < -0.39 is 11.9 Å². The molecule has 0 spiro atoms. The van der Waals surface area contributed by atoms with Gasteiger partial charge in [-0.3, -0.25) is 9.59 Å². The van der Waals surface area contributed by atoms with E-state index in [1.54, 1.807) is 0 Å². The molecule has 0 aliphatic heterocycles. The summed E-state index contributed by atoms with van der Waals surface area (Å²) in [5, 5.41) is 11.6. The monoisotopic (exact) mass is 279 g/mol. The Morgan fingerprint density at radius 1 is 1.30 bits per heavy atom. The summed E-state index contributed by atoms with van der Waals surface area (Å²) in [6.45, 7) is 2.38. The zero-order chi connectivity index (χ0) is 14.8. The summed E-state index contributed by atoms with van der Waals surface area (Å²) in [5.41, 5.74) is 0. The van der Waals surface area contributed by atoms with Gasteiger partial charge in [0.25, 0.3) is 0 Å². The fraction of sp³-hybridized carbons (Fsp3) is 0.467. The number of carbonyl (C=O) groups excluding carboxylic acids is 1. The molecule has 0 aliphatic rings. The number of para-hydroxylation sites is 1. The van der Waals surface area contributed by atoms with Gasteiger partial charge in [0.1, 0.15) is 5.75 Å². The first-order valence-corrected chi connectivity index (χ1v) is 6.80. The van der Waals surface area contributed by atoms with Crippen LogP contribution in [0.4, 0.5) is 0 Å². The van der Waals surface area contributed by atoms with Gasteiger partial charge in [0.15, 0.2) is 0 Å². The Morgan fingerprint density at radius 3 is 2.60 bits per heavy atom. The fourth-order valence-electron chi connectivity index (χ4n) is 1.77. The molecular weight excluding hydrogens is 258 g/mol. The second kappa shape index (κ2) is 8.96. The molecule has 5 nitrogen and oxygen atoms in total. The topological polar surface area (TPSA) is 75.6 Å². The molecule has 0 fully saturated rings. The predicted octanol–water partition coefficient (Wildman–Crippen LogP) is 2.07. The Labute approximate surface area is 118 Å². The lowest BCUT2D eigenvalue weighted by molar-refractivity contribution is -0.141. The molecule has 1 unspecified atom stereocenters. The van der Waals surface area contributed by atoms with E-state index in [0.717, 1.165) is 12.2 Å². The molecule has 0 saturated carbocycles. The van der Waals surface area contributed by atoms with Crippen LogP contribution in [0.15, 0.2) is 30.3 Å². The van der Waals surface area contributed by atoms with Crippen LogP contribution in [0.5, 0.6) is 5.75 Å². The van der Waals surface area contributed by atoms with Crippen molar-refractivity contribution in [3.8, 4) is 5.75 Å². The van der Waals surface area contributed by atoms with Crippen molar-refractivity contribution in [3.63, 3.8) is 0 Å². The molecule has 1 rings (SSSR count). The van der Waals surface area contributed by atoms with Gasteiger partial charge in [-0.25, -0.2) is 0 Å². The first kappa shape index (κ1) is 16.0. The second-order valence-corrected chi connectivity index (χ2v) is 4.54. The minimum Gasteiger partial charge on any atom is -0.493 e. The van der Waals surface area contributed by atoms with Gasteiger partial charge < -0.3 is 15.2 Å². The molecule has 5 heteroatoms. The number of nitrogens with one attached hydrogen (secondary N) is 1. The summed E-state index contributed by atoms with van der Waals surface area (Å²) in [6.07, 6.45) is 1.56. The maximum atomic E-state index is 11.6. The third-order valence-electron chi connectivity index (χ3n) is 2.87. The van der Waals surface area contributed by atoms with E-state index in [9.17, 15) is 9.59 Å². The smallest absolute Gasteiger partial charge is 0.308 e. The molecule has 0 aromatic heterocycles. The lowest BCUT2D eigenvalue weighted by Gasteiger charge is -2.12. The first-order valence-electron chi connectivity index (χ1n) is 6.80. The number of rotatable bonds is 9. The minimum absolute atomic E-state index is 0.174. The van der Waals surface area contributed by atoms with E-state index in [4.69, 9.17) is 9.84 Å². The highest BCUT2D eigenvalue weighted by Gasteiger charge is 2.16. The molecule has 20 heavy (non-hydrogen) atoms. The molecular formula is C15H21NO4. The minimum atomic E-state index is -0.868. The van der Waals surface area contributed by atoms with Gasteiger partial charge >= 0.3 is 5.97 Å². The van der Waals surface area contributed by atoms with Crippen LogP contribution in [0, 0.1) is 5.92 Å². The SMILES string of the molecule is CCCC(CNC(=O)CCOc1ccccc1)C(=O)O. The van der Waals surface area contributed by atoms with Crippen LogP contribution in [0.25, 0.3) is 0 Å². The van der Waals surface area contributed by atoms with E-state index in [2.05, 4.69) is 5.32 Å². The van der Waals surface area contributed by atoms with E-state index >= 15 is 0 Å². The van der Waals surface area contributed by atoms with Gasteiger partial charge in [0, 0.05) is 6.54 Å². The number of aliphatic carboxylic acids is 1. The van der Waals surface area contributed by atoms with Crippen molar-refractivity contribution in [1.82, 2.24) is 5.32 Å². The Kier molecular flexibility index (Phi) is 7.17. The molecule has 1 atom stereocenters. The van der Waals surface area contributed by atoms with Crippen molar-refractivity contribution < 1.29 is 19.4 Å². The summed E-state index contributed by atoms with van der Waals surface area (Å²) in [5.74, 6) is -0.857. The van der Waals surface area contributed by atoms with Gasteiger partial charge in [-0.05, 0) is 18.6 Å². The van der Waals surface area contributed by atoms with Gasteiger partial charge in [0.2, 0.25) is 5.91 Å². The zero-order valence-electron chi connectivity index (χ0n) is 11.7. The fourth-order valence-corrected chi connectivity index (χ4v) is 1.77. The normalized spacial score (nSPS) is 11.7. The third-order valence-corrected chi connectivity index (χ3v) is 2.87. The maximum Gasteiger partial charge on any atom is 0.308 e. The number of amides is 1. The highest BCUT2D eigenvalue weighted by molar-refractivity contribution is 5.77. The second-order valence-electron chi connectivity index (χ2n) is 4.54. The average Bonchev–Trinajstić information content (AvgIpc) is 2.44. The zero-order valence-corrected chi connectivity index (χ0v) is 11.7. The van der Waals surface area contributed by atoms with Crippen molar-refractivity contribution in [1.29, 1.82) is 0 Å². The highest BCUT2D eigenvalue weighted by atomic mass is 16.5. The molecule has 1 aromatic carbocycles. The van der Waals surface area contributed by atoms with Crippen LogP contribution >= 0.6 is 0 Å². The van der Waals surface area contributed by atoms with E-state index in [-0.39, 0.29) is 25.5 Å². The van der Waals surface area contributed by atoms with Gasteiger partial charge in [-0.15, -0.1) is 0 Å². The van der Waals surface area contributed by atoms with Crippen molar-refractivity contribution in [2.24, 2.45) is 5.92 Å². The number of hydrogen-bond acceptors (Lipinski definition) is 3. The van der Waals surface area contributed by atoms with E-state index in [1.807, 2.05) is 37.3 Å². The Hall–Kier alpha value is -2.04. The third kappa shape index (κ3) is 6.22. The summed E-state index contributed by atoms with van der Waals surface area (Å²) in [6, 6.07) is 9.24. The highest BCUT2D eigenvalue weighted by Crippen LogP contribution is 2.08. The molecule has 1 aromatic rings. The number of carboxylic acids is 1. The maximum absolute atomic E-state index is 11.6. The molecule has 1 amide bonds. The molecule has 0 heterocycles. The average molecular weight is 279 g/mol. The Bertz CT molecular complexity index is 419. The molecule has 2 N–H and O–H groups in total. The van der Waals surface area contributed by atoms with Crippen LogP contribution in [-0.2, 0) is 9.59 Å². The molecule has 0 aliphatic carbocycles. The van der Waals surface area contributed by atoms with Crippen LogP contribution in [0.3, 0.4) is 0 Å². The largest absolute Gasteiger partial charge is 0.493 e.